The molecule has 2 rings (SSSR count). The van der Waals surface area contributed by atoms with Crippen LogP contribution in [0.1, 0.15) is 11.6 Å². The molecule has 0 spiro atoms. The Kier molecular flexibility index (Phi) is 3.94. The second kappa shape index (κ2) is 5.65. The van der Waals surface area contributed by atoms with E-state index in [9.17, 15) is 0 Å². The predicted molar refractivity (Wildman–Crippen MR) is 75.7 cm³/mol. The van der Waals surface area contributed by atoms with E-state index in [-0.39, 0.29) is 6.04 Å². The number of nitrogens with zero attached hydrogens (tertiary/aromatic N) is 2. The van der Waals surface area contributed by atoms with Crippen molar-refractivity contribution in [3.05, 3.63) is 36.4 Å². The Bertz CT molecular complexity index is 477. The van der Waals surface area contributed by atoms with Crippen LogP contribution in [0.2, 0.25) is 0 Å². The van der Waals surface area contributed by atoms with Crippen LogP contribution in [0.15, 0.2) is 35.8 Å². The van der Waals surface area contributed by atoms with Gasteiger partial charge in [-0.25, -0.2) is 0 Å². The lowest BCUT2D eigenvalue weighted by Gasteiger charge is -2.25. The minimum absolute atomic E-state index is 0.0991. The smallest absolute Gasteiger partial charge is 0.192 e. The fourth-order valence-corrected chi connectivity index (χ4v) is 2.20. The van der Waals surface area contributed by atoms with E-state index in [2.05, 4.69) is 11.6 Å². The van der Waals surface area contributed by atoms with Gasteiger partial charge in [0.05, 0.1) is 26.8 Å². The lowest BCUT2D eigenvalue weighted by atomic mass is 10.1. The summed E-state index contributed by atoms with van der Waals surface area (Å²) < 4.78 is 10.6. The summed E-state index contributed by atoms with van der Waals surface area (Å²) >= 11 is 0. The van der Waals surface area contributed by atoms with Gasteiger partial charge in [0, 0.05) is 12.6 Å². The number of methoxy groups -OCH3 is 2. The highest BCUT2D eigenvalue weighted by Crippen LogP contribution is 2.31. The molecule has 0 fully saturated rings. The molecule has 0 saturated carbocycles. The highest BCUT2D eigenvalue weighted by molar-refractivity contribution is 5.80. The number of benzene rings is 1. The summed E-state index contributed by atoms with van der Waals surface area (Å²) in [6, 6.07) is 5.91. The normalized spacial score (nSPS) is 18.1. The maximum Gasteiger partial charge on any atom is 0.192 e. The van der Waals surface area contributed by atoms with Gasteiger partial charge in [0.15, 0.2) is 5.96 Å². The van der Waals surface area contributed by atoms with Gasteiger partial charge in [0.1, 0.15) is 11.5 Å². The van der Waals surface area contributed by atoms with Crippen molar-refractivity contribution >= 4 is 5.96 Å². The summed E-state index contributed by atoms with van der Waals surface area (Å²) in [7, 11) is 3.28. The summed E-state index contributed by atoms with van der Waals surface area (Å²) in [4.78, 5) is 6.31. The van der Waals surface area contributed by atoms with Crippen molar-refractivity contribution < 1.29 is 9.47 Å². The zero-order valence-corrected chi connectivity index (χ0v) is 11.3. The number of aliphatic imine (C=N–C) groups is 1. The number of hydrogen-bond acceptors (Lipinski definition) is 5. The molecule has 102 valence electrons. The first-order valence-corrected chi connectivity index (χ1v) is 6.10. The molecule has 0 saturated heterocycles. The van der Waals surface area contributed by atoms with Crippen LogP contribution in [-0.2, 0) is 0 Å². The molecule has 5 heteroatoms. The van der Waals surface area contributed by atoms with E-state index in [1.165, 1.54) is 0 Å². The monoisotopic (exact) mass is 261 g/mol. The Morgan fingerprint density at radius 1 is 1.37 bits per heavy atom. The van der Waals surface area contributed by atoms with Crippen molar-refractivity contribution in [2.24, 2.45) is 10.7 Å². The Hall–Kier alpha value is -2.17. The van der Waals surface area contributed by atoms with E-state index in [0.29, 0.717) is 19.0 Å². The highest BCUT2D eigenvalue weighted by Gasteiger charge is 2.27. The van der Waals surface area contributed by atoms with Crippen molar-refractivity contribution in [3.8, 4) is 11.5 Å². The molecule has 1 aromatic carbocycles. The van der Waals surface area contributed by atoms with E-state index in [1.807, 2.05) is 29.2 Å². The zero-order chi connectivity index (χ0) is 13.8. The lowest BCUT2D eigenvalue weighted by molar-refractivity contribution is 0.367. The number of nitrogens with two attached hydrogens (primary N) is 1. The van der Waals surface area contributed by atoms with Crippen molar-refractivity contribution in [1.82, 2.24) is 4.90 Å². The predicted octanol–water partition coefficient (Wildman–Crippen LogP) is 1.56. The van der Waals surface area contributed by atoms with Gasteiger partial charge in [-0.2, -0.15) is 0 Å². The Morgan fingerprint density at radius 3 is 2.53 bits per heavy atom. The van der Waals surface area contributed by atoms with Gasteiger partial charge in [0.2, 0.25) is 0 Å². The van der Waals surface area contributed by atoms with Crippen LogP contribution in [-0.4, -0.2) is 38.2 Å². The van der Waals surface area contributed by atoms with Gasteiger partial charge in [-0.05, 0) is 17.7 Å². The second-order valence-electron chi connectivity index (χ2n) is 4.30. The van der Waals surface area contributed by atoms with Crippen LogP contribution in [0.25, 0.3) is 0 Å². The van der Waals surface area contributed by atoms with Crippen LogP contribution in [0.5, 0.6) is 11.5 Å². The molecule has 1 heterocycles. The summed E-state index contributed by atoms with van der Waals surface area (Å²) in [6.07, 6.45) is 1.82. The average Bonchev–Trinajstić information content (AvgIpc) is 2.80. The standard InChI is InChI=1S/C14H19N3O2/c1-4-5-17-13(9-16-14(17)15)10-6-11(18-2)8-12(7-10)19-3/h4,6-8,13H,1,5,9H2,2-3H3,(H2,15,16). The Labute approximate surface area is 113 Å². The maximum atomic E-state index is 5.90. The quantitative estimate of drug-likeness (QED) is 0.817. The molecule has 1 atom stereocenters. The number of guanidine groups is 1. The third-order valence-corrected chi connectivity index (χ3v) is 3.18. The molecule has 0 aliphatic carbocycles. The zero-order valence-electron chi connectivity index (χ0n) is 11.3. The first kappa shape index (κ1) is 13.3. The van der Waals surface area contributed by atoms with Crippen LogP contribution in [0, 0.1) is 0 Å². The molecule has 1 aliphatic rings. The summed E-state index contributed by atoms with van der Waals surface area (Å²) in [5.74, 6) is 2.07. The number of ether oxygens (including phenoxy) is 2. The van der Waals surface area contributed by atoms with Gasteiger partial charge in [-0.3, -0.25) is 4.99 Å². The highest BCUT2D eigenvalue weighted by atomic mass is 16.5. The van der Waals surface area contributed by atoms with Crippen LogP contribution in [0.4, 0.5) is 0 Å². The molecule has 19 heavy (non-hydrogen) atoms. The first-order chi connectivity index (χ1) is 9.19. The average molecular weight is 261 g/mol. The molecule has 2 N–H and O–H groups in total. The van der Waals surface area contributed by atoms with Gasteiger partial charge in [-0.1, -0.05) is 6.08 Å². The Balaban J connectivity index is 2.33. The van der Waals surface area contributed by atoms with Gasteiger partial charge in [0.25, 0.3) is 0 Å². The van der Waals surface area contributed by atoms with E-state index < -0.39 is 0 Å². The van der Waals surface area contributed by atoms with Crippen LogP contribution >= 0.6 is 0 Å². The summed E-state index contributed by atoms with van der Waals surface area (Å²) in [6.45, 7) is 5.05. The fraction of sp³-hybridized carbons (Fsp3) is 0.357. The fourth-order valence-electron chi connectivity index (χ4n) is 2.20. The summed E-state index contributed by atoms with van der Waals surface area (Å²) in [5.41, 5.74) is 6.97. The van der Waals surface area contributed by atoms with Crippen LogP contribution < -0.4 is 15.2 Å². The largest absolute Gasteiger partial charge is 0.497 e. The molecule has 0 aromatic heterocycles. The Morgan fingerprint density at radius 2 is 2.00 bits per heavy atom. The SMILES string of the molecule is C=CCN1C(N)=NCC1c1cc(OC)cc(OC)c1. The molecule has 1 aromatic rings. The van der Waals surface area contributed by atoms with Gasteiger partial charge < -0.3 is 20.1 Å². The van der Waals surface area contributed by atoms with Gasteiger partial charge in [-0.15, -0.1) is 6.58 Å². The third-order valence-electron chi connectivity index (χ3n) is 3.18. The van der Waals surface area contributed by atoms with Crippen molar-refractivity contribution in [1.29, 1.82) is 0 Å². The molecule has 1 aliphatic heterocycles. The number of hydrogen-bond donors (Lipinski definition) is 1. The molecular formula is C14H19N3O2. The third kappa shape index (κ3) is 2.65. The van der Waals surface area contributed by atoms with E-state index in [1.54, 1.807) is 14.2 Å². The van der Waals surface area contributed by atoms with E-state index in [0.717, 1.165) is 17.1 Å². The molecule has 0 bridgehead atoms. The van der Waals surface area contributed by atoms with Crippen LogP contribution in [0.3, 0.4) is 0 Å². The minimum atomic E-state index is 0.0991. The minimum Gasteiger partial charge on any atom is -0.497 e. The molecule has 5 nitrogen and oxygen atoms in total. The van der Waals surface area contributed by atoms with Crippen molar-refractivity contribution in [2.75, 3.05) is 27.3 Å². The van der Waals surface area contributed by atoms with E-state index in [4.69, 9.17) is 15.2 Å². The molecule has 0 radical (unpaired) electrons. The number of rotatable bonds is 5. The second-order valence-corrected chi connectivity index (χ2v) is 4.30. The van der Waals surface area contributed by atoms with Crippen molar-refractivity contribution in [2.45, 2.75) is 6.04 Å². The van der Waals surface area contributed by atoms with Gasteiger partial charge >= 0.3 is 0 Å². The van der Waals surface area contributed by atoms with Crippen molar-refractivity contribution in [3.63, 3.8) is 0 Å². The molecule has 0 amide bonds. The maximum absolute atomic E-state index is 5.90. The topological polar surface area (TPSA) is 60.1 Å². The molecule has 1 unspecified atom stereocenters. The molecular weight excluding hydrogens is 242 g/mol. The van der Waals surface area contributed by atoms with E-state index >= 15 is 0 Å². The first-order valence-electron chi connectivity index (χ1n) is 6.10. The lowest BCUT2D eigenvalue weighted by Crippen LogP contribution is -2.36. The summed E-state index contributed by atoms with van der Waals surface area (Å²) in [5, 5.41) is 0.